The lowest BCUT2D eigenvalue weighted by Gasteiger charge is -2.09. The van der Waals surface area contributed by atoms with Crippen LogP contribution in [-0.4, -0.2) is 26.8 Å². The van der Waals surface area contributed by atoms with E-state index >= 15 is 0 Å². The summed E-state index contributed by atoms with van der Waals surface area (Å²) in [6.07, 6.45) is 2.57. The Balaban J connectivity index is 1.84. The highest BCUT2D eigenvalue weighted by molar-refractivity contribution is 7.80. The van der Waals surface area contributed by atoms with Gasteiger partial charge in [0, 0.05) is 35.9 Å². The number of hydrazine groups is 1. The topological polar surface area (TPSA) is 157 Å². The number of benzene rings is 2. The number of nitrogens with one attached hydrogen (secondary N) is 3. The van der Waals surface area contributed by atoms with Gasteiger partial charge in [-0.2, -0.15) is 0 Å². The van der Waals surface area contributed by atoms with Gasteiger partial charge in [0.15, 0.2) is 5.11 Å². The summed E-state index contributed by atoms with van der Waals surface area (Å²) in [6, 6.07) is 10.6. The highest BCUT2D eigenvalue weighted by Gasteiger charge is 2.11. The lowest BCUT2D eigenvalue weighted by atomic mass is 10.2. The van der Waals surface area contributed by atoms with E-state index in [9.17, 15) is 29.8 Å². The predicted octanol–water partition coefficient (Wildman–Crippen LogP) is 1.85. The minimum absolute atomic E-state index is 0.0268. The summed E-state index contributed by atoms with van der Waals surface area (Å²) in [7, 11) is 0. The van der Waals surface area contributed by atoms with Crippen LogP contribution in [0.4, 0.5) is 11.4 Å². The van der Waals surface area contributed by atoms with Crippen LogP contribution in [0.5, 0.6) is 0 Å². The van der Waals surface area contributed by atoms with Crippen LogP contribution in [0.15, 0.2) is 54.6 Å². The molecule has 0 fully saturated rings. The third-order valence-corrected chi connectivity index (χ3v) is 3.58. The van der Waals surface area contributed by atoms with Crippen molar-refractivity contribution in [2.45, 2.75) is 0 Å². The predicted molar refractivity (Wildman–Crippen MR) is 107 cm³/mol. The van der Waals surface area contributed by atoms with Gasteiger partial charge in [0.2, 0.25) is 5.91 Å². The Kier molecular flexibility index (Phi) is 7.03. The van der Waals surface area contributed by atoms with Crippen molar-refractivity contribution in [3.63, 3.8) is 0 Å². The van der Waals surface area contributed by atoms with Gasteiger partial charge in [0.25, 0.3) is 17.3 Å². The van der Waals surface area contributed by atoms with Crippen LogP contribution >= 0.6 is 12.2 Å². The minimum Gasteiger partial charge on any atom is -0.298 e. The van der Waals surface area contributed by atoms with Crippen LogP contribution in [0.25, 0.3) is 6.08 Å². The van der Waals surface area contributed by atoms with Crippen LogP contribution in [0.3, 0.4) is 0 Å². The molecule has 12 heteroatoms. The summed E-state index contributed by atoms with van der Waals surface area (Å²) in [4.78, 5) is 43.9. The maximum atomic E-state index is 12.0. The Hall–Kier alpha value is -4.19. The number of nitro groups is 2. The second-order valence-electron chi connectivity index (χ2n) is 5.39. The van der Waals surface area contributed by atoms with E-state index in [4.69, 9.17) is 12.2 Å². The summed E-state index contributed by atoms with van der Waals surface area (Å²) in [5.74, 6) is -1.29. The molecule has 148 valence electrons. The molecule has 0 unspecified atom stereocenters. The van der Waals surface area contributed by atoms with E-state index < -0.39 is 21.7 Å². The maximum absolute atomic E-state index is 12.0. The molecule has 2 aromatic rings. The molecule has 0 bridgehead atoms. The van der Waals surface area contributed by atoms with E-state index in [0.717, 1.165) is 12.1 Å². The normalized spacial score (nSPS) is 10.2. The van der Waals surface area contributed by atoms with E-state index in [0.29, 0.717) is 5.56 Å². The molecule has 0 radical (unpaired) electrons. The molecule has 29 heavy (non-hydrogen) atoms. The number of thiocarbonyl (C=S) groups is 1. The van der Waals surface area contributed by atoms with Gasteiger partial charge < -0.3 is 0 Å². The average Bonchev–Trinajstić information content (AvgIpc) is 2.70. The third kappa shape index (κ3) is 6.48. The number of amides is 2. The minimum atomic E-state index is -0.688. The number of hydrogen-bond acceptors (Lipinski definition) is 7. The van der Waals surface area contributed by atoms with Crippen molar-refractivity contribution < 1.29 is 19.4 Å². The SMILES string of the molecule is O=C(/C=C/c1ccc([N+](=O)[O-])cc1)NC(=S)NNC(=O)c1cccc([N+](=O)[O-])c1. The van der Waals surface area contributed by atoms with Crippen LogP contribution in [0, 0.1) is 20.2 Å². The van der Waals surface area contributed by atoms with E-state index in [1.165, 1.54) is 48.5 Å². The standard InChI is InChI=1S/C17H13N5O6S/c23-15(9-6-11-4-7-13(8-5-11)21(25)26)18-17(29)20-19-16(24)12-2-1-3-14(10-12)22(27)28/h1-10H,(H,19,24)(H2,18,20,23,29)/b9-6+. The summed E-state index contributed by atoms with van der Waals surface area (Å²) in [5, 5.41) is 23.4. The number of non-ortho nitro benzene ring substituents is 2. The number of hydrogen-bond donors (Lipinski definition) is 3. The van der Waals surface area contributed by atoms with Gasteiger partial charge in [-0.05, 0) is 42.1 Å². The first-order chi connectivity index (χ1) is 13.8. The molecular formula is C17H13N5O6S. The zero-order valence-electron chi connectivity index (χ0n) is 14.5. The molecular weight excluding hydrogens is 402 g/mol. The van der Waals surface area contributed by atoms with E-state index in [1.54, 1.807) is 0 Å². The van der Waals surface area contributed by atoms with Crippen molar-refractivity contribution >= 4 is 46.6 Å². The van der Waals surface area contributed by atoms with Crippen LogP contribution < -0.4 is 16.2 Å². The van der Waals surface area contributed by atoms with Crippen LogP contribution in [-0.2, 0) is 4.79 Å². The second-order valence-corrected chi connectivity index (χ2v) is 5.80. The molecule has 0 heterocycles. The Morgan fingerprint density at radius 3 is 2.21 bits per heavy atom. The first kappa shape index (κ1) is 21.1. The maximum Gasteiger partial charge on any atom is 0.270 e. The Labute approximate surface area is 168 Å². The molecule has 2 aromatic carbocycles. The van der Waals surface area contributed by atoms with Gasteiger partial charge in [-0.25, -0.2) is 0 Å². The molecule has 0 spiro atoms. The highest BCUT2D eigenvalue weighted by atomic mass is 32.1. The van der Waals surface area contributed by atoms with Crippen molar-refractivity contribution in [3.05, 3.63) is 86.0 Å². The van der Waals surface area contributed by atoms with Gasteiger partial charge >= 0.3 is 0 Å². The molecule has 0 aliphatic heterocycles. The van der Waals surface area contributed by atoms with Crippen molar-refractivity contribution in [2.24, 2.45) is 0 Å². The quantitative estimate of drug-likeness (QED) is 0.289. The molecule has 0 aliphatic rings. The molecule has 11 nitrogen and oxygen atoms in total. The van der Waals surface area contributed by atoms with Gasteiger partial charge in [0.1, 0.15) is 0 Å². The zero-order valence-corrected chi connectivity index (χ0v) is 15.3. The summed E-state index contributed by atoms with van der Waals surface area (Å²) in [6.45, 7) is 0. The molecule has 0 saturated heterocycles. The van der Waals surface area contributed by atoms with Gasteiger partial charge in [-0.1, -0.05) is 6.07 Å². The molecule has 2 rings (SSSR count). The Bertz CT molecular complexity index is 1010. The van der Waals surface area contributed by atoms with Crippen LogP contribution in [0.1, 0.15) is 15.9 Å². The fraction of sp³-hybridized carbons (Fsp3) is 0. The third-order valence-electron chi connectivity index (χ3n) is 3.38. The van der Waals surface area contributed by atoms with Crippen molar-refractivity contribution in [2.75, 3.05) is 0 Å². The van der Waals surface area contributed by atoms with E-state index in [1.807, 2.05) is 0 Å². The van der Waals surface area contributed by atoms with E-state index in [-0.39, 0.29) is 22.1 Å². The van der Waals surface area contributed by atoms with Gasteiger partial charge in [-0.15, -0.1) is 0 Å². The number of carbonyl (C=O) groups is 2. The molecule has 0 saturated carbocycles. The number of carbonyl (C=O) groups excluding carboxylic acids is 2. The smallest absolute Gasteiger partial charge is 0.270 e. The number of rotatable bonds is 5. The molecule has 0 aromatic heterocycles. The fourth-order valence-electron chi connectivity index (χ4n) is 2.01. The van der Waals surface area contributed by atoms with Crippen molar-refractivity contribution in [3.8, 4) is 0 Å². The summed E-state index contributed by atoms with van der Waals surface area (Å²) in [5.41, 5.74) is 4.77. The fourth-order valence-corrected chi connectivity index (χ4v) is 2.16. The molecule has 0 atom stereocenters. The van der Waals surface area contributed by atoms with E-state index in [2.05, 4.69) is 16.2 Å². The number of nitro benzene ring substituents is 2. The van der Waals surface area contributed by atoms with Gasteiger partial charge in [-0.3, -0.25) is 46.0 Å². The van der Waals surface area contributed by atoms with Crippen molar-refractivity contribution in [1.82, 2.24) is 16.2 Å². The van der Waals surface area contributed by atoms with Crippen LogP contribution in [0.2, 0.25) is 0 Å². The Morgan fingerprint density at radius 1 is 0.931 bits per heavy atom. The zero-order chi connectivity index (χ0) is 21.4. The average molecular weight is 415 g/mol. The first-order valence-corrected chi connectivity index (χ1v) is 8.25. The molecule has 2 amide bonds. The lowest BCUT2D eigenvalue weighted by molar-refractivity contribution is -0.385. The second kappa shape index (κ2) is 9.66. The molecule has 0 aliphatic carbocycles. The summed E-state index contributed by atoms with van der Waals surface area (Å²) < 4.78 is 0. The highest BCUT2D eigenvalue weighted by Crippen LogP contribution is 2.13. The first-order valence-electron chi connectivity index (χ1n) is 7.84. The summed E-state index contributed by atoms with van der Waals surface area (Å²) >= 11 is 4.87. The Morgan fingerprint density at radius 2 is 1.59 bits per heavy atom. The largest absolute Gasteiger partial charge is 0.298 e. The van der Waals surface area contributed by atoms with Crippen molar-refractivity contribution in [1.29, 1.82) is 0 Å². The number of nitrogens with zero attached hydrogens (tertiary/aromatic N) is 2. The monoisotopic (exact) mass is 415 g/mol. The molecule has 3 N–H and O–H groups in total. The van der Waals surface area contributed by atoms with Gasteiger partial charge in [0.05, 0.1) is 9.85 Å². The lowest BCUT2D eigenvalue weighted by Crippen LogP contribution is -2.48.